The second-order valence-corrected chi connectivity index (χ2v) is 6.86. The number of benzene rings is 1. The van der Waals surface area contributed by atoms with Crippen LogP contribution >= 0.6 is 11.3 Å². The van der Waals surface area contributed by atoms with Crippen molar-refractivity contribution in [2.75, 3.05) is 5.75 Å². The molecule has 0 aliphatic heterocycles. The lowest BCUT2D eigenvalue weighted by atomic mass is 10.2. The highest BCUT2D eigenvalue weighted by molar-refractivity contribution is 7.91. The summed E-state index contributed by atoms with van der Waals surface area (Å²) in [7, 11) is -3.11. The fourth-order valence-corrected chi connectivity index (χ4v) is 3.15. The first-order valence-corrected chi connectivity index (χ1v) is 7.81. The van der Waals surface area contributed by atoms with E-state index in [1.807, 2.05) is 12.3 Å². The molecule has 0 unspecified atom stereocenters. The maximum absolute atomic E-state index is 11.6. The molecule has 0 saturated heterocycles. The Morgan fingerprint density at radius 1 is 1.24 bits per heavy atom. The van der Waals surface area contributed by atoms with Gasteiger partial charge in [-0.05, 0) is 19.1 Å². The van der Waals surface area contributed by atoms with Crippen LogP contribution in [-0.4, -0.2) is 19.2 Å². The highest BCUT2D eigenvalue weighted by atomic mass is 32.2. The topological polar surface area (TPSA) is 47.0 Å². The molecule has 0 radical (unpaired) electrons. The Kier molecular flexibility index (Phi) is 3.31. The van der Waals surface area contributed by atoms with E-state index in [9.17, 15) is 8.42 Å². The van der Waals surface area contributed by atoms with Gasteiger partial charge >= 0.3 is 0 Å². The predicted octanol–water partition coefficient (Wildman–Crippen LogP) is 2.91. The van der Waals surface area contributed by atoms with Gasteiger partial charge in [-0.25, -0.2) is 13.4 Å². The zero-order valence-corrected chi connectivity index (χ0v) is 11.3. The molecule has 0 N–H and O–H groups in total. The van der Waals surface area contributed by atoms with Gasteiger partial charge in [-0.15, -0.1) is 11.3 Å². The molecule has 0 fully saturated rings. The van der Waals surface area contributed by atoms with Gasteiger partial charge in [0.25, 0.3) is 0 Å². The SMILES string of the molecule is CCS(=O)(=O)c1ccc(-c2nc(C)cs2)cc1. The Balaban J connectivity index is 2.37. The second-order valence-electron chi connectivity index (χ2n) is 3.72. The van der Waals surface area contributed by atoms with E-state index in [1.54, 1.807) is 42.5 Å². The van der Waals surface area contributed by atoms with Crippen molar-refractivity contribution in [2.45, 2.75) is 18.7 Å². The van der Waals surface area contributed by atoms with E-state index in [0.717, 1.165) is 16.3 Å². The molecule has 0 amide bonds. The van der Waals surface area contributed by atoms with Crippen molar-refractivity contribution in [1.82, 2.24) is 4.98 Å². The standard InChI is InChI=1S/C12H13NO2S2/c1-3-17(14,15)11-6-4-10(5-7-11)12-13-9(2)8-16-12/h4-8H,3H2,1-2H3. The number of nitrogens with zero attached hydrogens (tertiary/aromatic N) is 1. The first-order valence-electron chi connectivity index (χ1n) is 5.28. The molecule has 0 atom stereocenters. The van der Waals surface area contributed by atoms with Crippen molar-refractivity contribution in [3.05, 3.63) is 35.3 Å². The normalized spacial score (nSPS) is 11.6. The van der Waals surface area contributed by atoms with Crippen LogP contribution in [0.5, 0.6) is 0 Å². The smallest absolute Gasteiger partial charge is 0.178 e. The first-order chi connectivity index (χ1) is 8.03. The molecular formula is C12H13NO2S2. The van der Waals surface area contributed by atoms with Gasteiger partial charge in [0.1, 0.15) is 5.01 Å². The zero-order valence-electron chi connectivity index (χ0n) is 9.67. The molecule has 1 aromatic carbocycles. The van der Waals surface area contributed by atoms with Gasteiger partial charge in [-0.3, -0.25) is 0 Å². The molecule has 5 heteroatoms. The summed E-state index contributed by atoms with van der Waals surface area (Å²) in [5, 5.41) is 2.90. The quantitative estimate of drug-likeness (QED) is 0.859. The molecule has 0 saturated carbocycles. The van der Waals surface area contributed by atoms with Crippen molar-refractivity contribution < 1.29 is 8.42 Å². The van der Waals surface area contributed by atoms with Crippen LogP contribution < -0.4 is 0 Å². The summed E-state index contributed by atoms with van der Waals surface area (Å²) < 4.78 is 23.3. The molecule has 0 bridgehead atoms. The van der Waals surface area contributed by atoms with Crippen LogP contribution in [0.15, 0.2) is 34.5 Å². The van der Waals surface area contributed by atoms with Gasteiger partial charge in [0.05, 0.1) is 10.6 Å². The maximum atomic E-state index is 11.6. The van der Waals surface area contributed by atoms with Crippen LogP contribution in [0.1, 0.15) is 12.6 Å². The lowest BCUT2D eigenvalue weighted by Gasteiger charge is -2.02. The van der Waals surface area contributed by atoms with E-state index in [1.165, 1.54) is 0 Å². The van der Waals surface area contributed by atoms with E-state index in [-0.39, 0.29) is 5.75 Å². The number of sulfone groups is 1. The van der Waals surface area contributed by atoms with Crippen LogP contribution in [-0.2, 0) is 9.84 Å². The third-order valence-electron chi connectivity index (χ3n) is 2.46. The van der Waals surface area contributed by atoms with Gasteiger partial charge in [0, 0.05) is 16.6 Å². The number of hydrogen-bond acceptors (Lipinski definition) is 4. The van der Waals surface area contributed by atoms with Crippen LogP contribution in [0.3, 0.4) is 0 Å². The Bertz CT molecular complexity index is 612. The minimum absolute atomic E-state index is 0.128. The Labute approximate surface area is 105 Å². The largest absolute Gasteiger partial charge is 0.241 e. The van der Waals surface area contributed by atoms with Crippen LogP contribution in [0, 0.1) is 6.92 Å². The summed E-state index contributed by atoms with van der Waals surface area (Å²) in [6.07, 6.45) is 0. The van der Waals surface area contributed by atoms with Crippen molar-refractivity contribution in [3.63, 3.8) is 0 Å². The minimum Gasteiger partial charge on any atom is -0.241 e. The average Bonchev–Trinajstić information content (AvgIpc) is 2.76. The third-order valence-corrected chi connectivity index (χ3v) is 5.22. The van der Waals surface area contributed by atoms with Crippen molar-refractivity contribution >= 4 is 21.2 Å². The summed E-state index contributed by atoms with van der Waals surface area (Å²) in [5.41, 5.74) is 1.94. The Morgan fingerprint density at radius 3 is 2.35 bits per heavy atom. The molecule has 0 aliphatic rings. The number of aryl methyl sites for hydroxylation is 1. The number of aromatic nitrogens is 1. The molecule has 1 heterocycles. The van der Waals surface area contributed by atoms with Crippen molar-refractivity contribution in [2.24, 2.45) is 0 Å². The van der Waals surface area contributed by atoms with E-state index in [4.69, 9.17) is 0 Å². The Hall–Kier alpha value is -1.20. The van der Waals surface area contributed by atoms with Gasteiger partial charge < -0.3 is 0 Å². The van der Waals surface area contributed by atoms with Gasteiger partial charge in [-0.2, -0.15) is 0 Å². The summed E-state index contributed by atoms with van der Waals surface area (Å²) in [6.45, 7) is 3.59. The van der Waals surface area contributed by atoms with Gasteiger partial charge in [0.2, 0.25) is 0 Å². The van der Waals surface area contributed by atoms with Gasteiger partial charge in [-0.1, -0.05) is 19.1 Å². The van der Waals surface area contributed by atoms with E-state index in [2.05, 4.69) is 4.98 Å². The summed E-state index contributed by atoms with van der Waals surface area (Å²) in [4.78, 5) is 4.73. The van der Waals surface area contributed by atoms with Crippen LogP contribution in [0.25, 0.3) is 10.6 Å². The molecular weight excluding hydrogens is 254 g/mol. The molecule has 3 nitrogen and oxygen atoms in total. The number of hydrogen-bond donors (Lipinski definition) is 0. The van der Waals surface area contributed by atoms with E-state index in [0.29, 0.717) is 4.90 Å². The number of rotatable bonds is 3. The lowest BCUT2D eigenvalue weighted by Crippen LogP contribution is -2.02. The monoisotopic (exact) mass is 267 g/mol. The lowest BCUT2D eigenvalue weighted by molar-refractivity contribution is 0.597. The molecule has 0 spiro atoms. The molecule has 2 rings (SSSR count). The third kappa shape index (κ3) is 2.56. The summed E-state index contributed by atoms with van der Waals surface area (Å²) >= 11 is 1.56. The fraction of sp³-hybridized carbons (Fsp3) is 0.250. The van der Waals surface area contributed by atoms with Crippen molar-refractivity contribution in [1.29, 1.82) is 0 Å². The number of thiazole rings is 1. The first kappa shape index (κ1) is 12.3. The van der Waals surface area contributed by atoms with E-state index >= 15 is 0 Å². The van der Waals surface area contributed by atoms with Gasteiger partial charge in [0.15, 0.2) is 9.84 Å². The highest BCUT2D eigenvalue weighted by Gasteiger charge is 2.11. The Morgan fingerprint density at radius 2 is 1.88 bits per heavy atom. The summed E-state index contributed by atoms with van der Waals surface area (Å²) in [5.74, 6) is 0.128. The minimum atomic E-state index is -3.11. The maximum Gasteiger partial charge on any atom is 0.178 e. The van der Waals surface area contributed by atoms with Crippen LogP contribution in [0.4, 0.5) is 0 Å². The molecule has 90 valence electrons. The summed E-state index contributed by atoms with van der Waals surface area (Å²) in [6, 6.07) is 6.90. The average molecular weight is 267 g/mol. The zero-order chi connectivity index (χ0) is 12.5. The molecule has 2 aromatic rings. The van der Waals surface area contributed by atoms with E-state index < -0.39 is 9.84 Å². The molecule has 1 aromatic heterocycles. The highest BCUT2D eigenvalue weighted by Crippen LogP contribution is 2.24. The van der Waals surface area contributed by atoms with Crippen molar-refractivity contribution in [3.8, 4) is 10.6 Å². The molecule has 17 heavy (non-hydrogen) atoms. The molecule has 0 aliphatic carbocycles. The second kappa shape index (κ2) is 4.58. The fourth-order valence-electron chi connectivity index (χ4n) is 1.46. The van der Waals surface area contributed by atoms with Crippen LogP contribution in [0.2, 0.25) is 0 Å². The predicted molar refractivity (Wildman–Crippen MR) is 70.0 cm³/mol.